The minimum atomic E-state index is 0.479. The molecule has 1 heteroatoms. The zero-order valence-corrected chi connectivity index (χ0v) is 4.18. The summed E-state index contributed by atoms with van der Waals surface area (Å²) in [4.78, 5) is 10.0. The van der Waals surface area contributed by atoms with E-state index in [1.165, 1.54) is 19.3 Å². The molecule has 2 aliphatic carbocycles. The van der Waals surface area contributed by atoms with Gasteiger partial charge < -0.3 is 4.79 Å². The van der Waals surface area contributed by atoms with Crippen LogP contribution in [0.1, 0.15) is 19.3 Å². The molecule has 0 saturated heterocycles. The fourth-order valence-electron chi connectivity index (χ4n) is 1.31. The molecule has 2 aliphatic rings. The van der Waals surface area contributed by atoms with Crippen molar-refractivity contribution in [3.63, 3.8) is 0 Å². The van der Waals surface area contributed by atoms with Crippen LogP contribution in [0.15, 0.2) is 0 Å². The lowest BCUT2D eigenvalue weighted by molar-refractivity contribution is -0.109. The first-order valence-electron chi connectivity index (χ1n) is 2.83. The molecular formula is C6H8O. The first-order valence-corrected chi connectivity index (χ1v) is 2.83. The predicted octanol–water partition coefficient (Wildman–Crippen LogP) is 0.985. The van der Waals surface area contributed by atoms with E-state index in [4.69, 9.17) is 0 Å². The van der Waals surface area contributed by atoms with Crippen LogP contribution in [0.5, 0.6) is 0 Å². The van der Waals surface area contributed by atoms with Crippen LogP contribution in [-0.2, 0) is 4.79 Å². The molecule has 2 fully saturated rings. The van der Waals surface area contributed by atoms with E-state index in [1.54, 1.807) is 0 Å². The summed E-state index contributed by atoms with van der Waals surface area (Å²) in [6.45, 7) is 0. The Morgan fingerprint density at radius 3 is 2.43 bits per heavy atom. The Kier molecular flexibility index (Phi) is 0.401. The Morgan fingerprint density at radius 1 is 1.57 bits per heavy atom. The second kappa shape index (κ2) is 0.770. The molecule has 0 unspecified atom stereocenters. The van der Waals surface area contributed by atoms with E-state index in [2.05, 4.69) is 0 Å². The zero-order valence-electron chi connectivity index (χ0n) is 4.18. The van der Waals surface area contributed by atoms with Crippen molar-refractivity contribution < 1.29 is 4.79 Å². The molecule has 7 heavy (non-hydrogen) atoms. The van der Waals surface area contributed by atoms with Crippen molar-refractivity contribution >= 4 is 6.29 Å². The summed E-state index contributed by atoms with van der Waals surface area (Å²) in [6.07, 6.45) is 4.98. The van der Waals surface area contributed by atoms with E-state index in [-0.39, 0.29) is 0 Å². The molecule has 1 atom stereocenters. The first-order chi connectivity index (χ1) is 3.37. The lowest BCUT2D eigenvalue weighted by Gasteiger charge is -1.71. The van der Waals surface area contributed by atoms with Gasteiger partial charge in [-0.15, -0.1) is 0 Å². The number of hydrogen-bond acceptors (Lipinski definition) is 1. The Balaban J connectivity index is 2.09. The van der Waals surface area contributed by atoms with Crippen LogP contribution in [-0.4, -0.2) is 6.29 Å². The van der Waals surface area contributed by atoms with E-state index < -0.39 is 0 Å². The van der Waals surface area contributed by atoms with Crippen LogP contribution in [0.2, 0.25) is 0 Å². The van der Waals surface area contributed by atoms with Gasteiger partial charge in [0.15, 0.2) is 0 Å². The number of carbonyl (C=O) groups excluding carboxylic acids is 1. The highest BCUT2D eigenvalue weighted by Crippen LogP contribution is 2.69. The van der Waals surface area contributed by atoms with E-state index >= 15 is 0 Å². The van der Waals surface area contributed by atoms with Gasteiger partial charge in [0.05, 0.1) is 0 Å². The normalized spacial score (nSPS) is 40.9. The summed E-state index contributed by atoms with van der Waals surface area (Å²) >= 11 is 0. The van der Waals surface area contributed by atoms with Crippen molar-refractivity contribution in [1.82, 2.24) is 0 Å². The van der Waals surface area contributed by atoms with Gasteiger partial charge in [0.25, 0.3) is 0 Å². The molecule has 2 saturated carbocycles. The number of rotatable bonds is 1. The summed E-state index contributed by atoms with van der Waals surface area (Å²) in [5.74, 6) is 0.479. The van der Waals surface area contributed by atoms with Gasteiger partial charge in [-0.2, -0.15) is 0 Å². The van der Waals surface area contributed by atoms with Gasteiger partial charge >= 0.3 is 0 Å². The van der Waals surface area contributed by atoms with Gasteiger partial charge in [-0.05, 0) is 24.7 Å². The third kappa shape index (κ3) is 0.311. The zero-order chi connectivity index (χ0) is 4.91. The summed E-state index contributed by atoms with van der Waals surface area (Å²) in [6, 6.07) is 0. The highest BCUT2D eigenvalue weighted by Gasteiger charge is 2.62. The Bertz CT molecular complexity index is 113. The standard InChI is InChI=1S/C6H8O/c7-4-5-3-6(5)1-2-6/h4-5H,1-3H2/t5-/m1/s1. The summed E-state index contributed by atoms with van der Waals surface area (Å²) in [5, 5.41) is 0. The largest absolute Gasteiger partial charge is 0.303 e. The van der Waals surface area contributed by atoms with Crippen LogP contribution in [0.25, 0.3) is 0 Å². The van der Waals surface area contributed by atoms with Gasteiger partial charge in [0.1, 0.15) is 6.29 Å². The SMILES string of the molecule is O=C[C@H]1CC12CC2. The number of carbonyl (C=O) groups is 1. The van der Waals surface area contributed by atoms with E-state index in [1.807, 2.05) is 0 Å². The van der Waals surface area contributed by atoms with Gasteiger partial charge in [-0.25, -0.2) is 0 Å². The Hall–Kier alpha value is -0.330. The molecule has 0 aromatic carbocycles. The summed E-state index contributed by atoms with van der Waals surface area (Å²) in [7, 11) is 0. The minimum absolute atomic E-state index is 0.479. The predicted molar refractivity (Wildman–Crippen MR) is 25.8 cm³/mol. The van der Waals surface area contributed by atoms with E-state index in [0.717, 1.165) is 6.29 Å². The van der Waals surface area contributed by atoms with Gasteiger partial charge in [-0.3, -0.25) is 0 Å². The van der Waals surface area contributed by atoms with Crippen molar-refractivity contribution in [2.45, 2.75) is 19.3 Å². The Labute approximate surface area is 42.7 Å². The maximum Gasteiger partial charge on any atom is 0.123 e. The fourth-order valence-corrected chi connectivity index (χ4v) is 1.31. The smallest absolute Gasteiger partial charge is 0.123 e. The molecule has 1 nitrogen and oxygen atoms in total. The van der Waals surface area contributed by atoms with Crippen molar-refractivity contribution in [2.24, 2.45) is 11.3 Å². The van der Waals surface area contributed by atoms with Crippen molar-refractivity contribution in [1.29, 1.82) is 0 Å². The maximum absolute atomic E-state index is 10.0. The quantitative estimate of drug-likeness (QED) is 0.445. The molecule has 0 bridgehead atoms. The average molecular weight is 96.1 g/mol. The van der Waals surface area contributed by atoms with Crippen molar-refractivity contribution in [3.8, 4) is 0 Å². The first kappa shape index (κ1) is 3.65. The molecule has 2 rings (SSSR count). The average Bonchev–Trinajstić information content (AvgIpc) is 2.52. The minimum Gasteiger partial charge on any atom is -0.303 e. The fraction of sp³-hybridized carbons (Fsp3) is 0.833. The topological polar surface area (TPSA) is 17.1 Å². The molecule has 38 valence electrons. The number of aldehydes is 1. The van der Waals surface area contributed by atoms with Gasteiger partial charge in [0.2, 0.25) is 0 Å². The highest BCUT2D eigenvalue weighted by molar-refractivity contribution is 5.61. The molecule has 0 aromatic heterocycles. The third-order valence-corrected chi connectivity index (χ3v) is 2.31. The molecule has 0 heterocycles. The molecule has 0 aliphatic heterocycles. The molecular weight excluding hydrogens is 88.1 g/mol. The van der Waals surface area contributed by atoms with Crippen LogP contribution >= 0.6 is 0 Å². The lowest BCUT2D eigenvalue weighted by Crippen LogP contribution is -1.77. The van der Waals surface area contributed by atoms with Gasteiger partial charge in [0, 0.05) is 5.92 Å². The summed E-state index contributed by atoms with van der Waals surface area (Å²) < 4.78 is 0. The van der Waals surface area contributed by atoms with Crippen molar-refractivity contribution in [2.75, 3.05) is 0 Å². The number of hydrogen-bond donors (Lipinski definition) is 0. The molecule has 0 aromatic rings. The van der Waals surface area contributed by atoms with E-state index in [0.29, 0.717) is 11.3 Å². The van der Waals surface area contributed by atoms with Crippen LogP contribution in [0.4, 0.5) is 0 Å². The van der Waals surface area contributed by atoms with Crippen LogP contribution < -0.4 is 0 Å². The van der Waals surface area contributed by atoms with E-state index in [9.17, 15) is 4.79 Å². The van der Waals surface area contributed by atoms with Crippen LogP contribution in [0.3, 0.4) is 0 Å². The monoisotopic (exact) mass is 96.1 g/mol. The van der Waals surface area contributed by atoms with Gasteiger partial charge in [-0.1, -0.05) is 0 Å². The molecule has 0 N–H and O–H groups in total. The third-order valence-electron chi connectivity index (χ3n) is 2.31. The summed E-state index contributed by atoms with van der Waals surface area (Å²) in [5.41, 5.74) is 0.599. The van der Waals surface area contributed by atoms with Crippen molar-refractivity contribution in [3.05, 3.63) is 0 Å². The second-order valence-corrected chi connectivity index (χ2v) is 2.81. The van der Waals surface area contributed by atoms with Crippen LogP contribution in [0, 0.1) is 11.3 Å². The maximum atomic E-state index is 10.0. The Morgan fingerprint density at radius 2 is 2.29 bits per heavy atom. The lowest BCUT2D eigenvalue weighted by atomic mass is 10.3. The highest BCUT2D eigenvalue weighted by atomic mass is 16.1. The second-order valence-electron chi connectivity index (χ2n) is 2.81. The molecule has 1 spiro atoms. The molecule has 0 radical (unpaired) electrons. The molecule has 0 amide bonds.